The Morgan fingerprint density at radius 2 is 1.50 bits per heavy atom. The zero-order valence-corrected chi connectivity index (χ0v) is 13.7. The maximum Gasteiger partial charge on any atom is 0.210 e. The number of hydrogen-bond donors (Lipinski definition) is 1. The van der Waals surface area contributed by atoms with Crippen molar-refractivity contribution in [2.45, 2.75) is 10.9 Å². The Morgan fingerprint density at radius 1 is 0.909 bits per heavy atom. The summed E-state index contributed by atoms with van der Waals surface area (Å²) in [6.07, 6.45) is 0. The lowest BCUT2D eigenvalue weighted by molar-refractivity contribution is 0.849. The van der Waals surface area contributed by atoms with Gasteiger partial charge in [-0.15, -0.1) is 10.2 Å². The van der Waals surface area contributed by atoms with E-state index in [-0.39, 0.29) is 0 Å². The summed E-state index contributed by atoms with van der Waals surface area (Å²) in [4.78, 5) is 0. The van der Waals surface area contributed by atoms with E-state index in [4.69, 9.17) is 29.0 Å². The molecule has 2 aromatic carbocycles. The fourth-order valence-electron chi connectivity index (χ4n) is 1.90. The van der Waals surface area contributed by atoms with Crippen molar-refractivity contribution in [3.8, 4) is 11.4 Å². The number of benzene rings is 2. The highest BCUT2D eigenvalue weighted by atomic mass is 35.5. The van der Waals surface area contributed by atoms with Crippen molar-refractivity contribution >= 4 is 35.0 Å². The van der Waals surface area contributed by atoms with Crippen molar-refractivity contribution < 1.29 is 0 Å². The first kappa shape index (κ1) is 15.2. The van der Waals surface area contributed by atoms with E-state index in [1.165, 1.54) is 16.4 Å². The highest BCUT2D eigenvalue weighted by Gasteiger charge is 2.12. The second kappa shape index (κ2) is 6.60. The van der Waals surface area contributed by atoms with Gasteiger partial charge in [0.1, 0.15) is 0 Å². The van der Waals surface area contributed by atoms with Crippen LogP contribution in [0.2, 0.25) is 10.0 Å². The van der Waals surface area contributed by atoms with E-state index in [1.807, 2.05) is 36.4 Å². The summed E-state index contributed by atoms with van der Waals surface area (Å²) in [6, 6.07) is 15.0. The third kappa shape index (κ3) is 3.38. The summed E-state index contributed by atoms with van der Waals surface area (Å²) >= 11 is 13.3. The van der Waals surface area contributed by atoms with Crippen LogP contribution in [0.1, 0.15) is 5.56 Å². The third-order valence-electron chi connectivity index (χ3n) is 3.05. The number of thioether (sulfide) groups is 1. The van der Waals surface area contributed by atoms with E-state index in [1.54, 1.807) is 12.1 Å². The average molecular weight is 351 g/mol. The molecule has 0 fully saturated rings. The van der Waals surface area contributed by atoms with Gasteiger partial charge in [-0.2, -0.15) is 0 Å². The smallest absolute Gasteiger partial charge is 0.210 e. The summed E-state index contributed by atoms with van der Waals surface area (Å²) in [6.45, 7) is 0. The first-order valence-electron chi connectivity index (χ1n) is 6.47. The Balaban J connectivity index is 1.75. The monoisotopic (exact) mass is 350 g/mol. The van der Waals surface area contributed by atoms with Gasteiger partial charge in [0.05, 0.1) is 0 Å². The van der Waals surface area contributed by atoms with E-state index in [9.17, 15) is 0 Å². The third-order valence-corrected chi connectivity index (χ3v) is 4.57. The predicted octanol–water partition coefficient (Wildman–Crippen LogP) is 4.26. The molecule has 0 radical (unpaired) electrons. The number of halogens is 2. The Kier molecular flexibility index (Phi) is 4.57. The van der Waals surface area contributed by atoms with Crippen LogP contribution in [0.5, 0.6) is 0 Å². The largest absolute Gasteiger partial charge is 0.335 e. The molecule has 0 unspecified atom stereocenters. The molecule has 2 N–H and O–H groups in total. The standard InChI is InChI=1S/C15H12Cl2N4S/c16-12-5-1-10(2-6-12)9-22-15-20-19-14(21(15)18)11-3-7-13(17)8-4-11/h1-8H,9,18H2. The molecule has 3 rings (SSSR count). The topological polar surface area (TPSA) is 56.7 Å². The highest BCUT2D eigenvalue weighted by molar-refractivity contribution is 7.98. The molecule has 0 aliphatic heterocycles. The Hall–Kier alpha value is -1.69. The van der Waals surface area contributed by atoms with Crippen LogP contribution in [0.3, 0.4) is 0 Å². The maximum absolute atomic E-state index is 6.08. The van der Waals surface area contributed by atoms with E-state index in [0.29, 0.717) is 16.0 Å². The van der Waals surface area contributed by atoms with Gasteiger partial charge in [-0.05, 0) is 42.0 Å². The van der Waals surface area contributed by atoms with Crippen molar-refractivity contribution in [1.82, 2.24) is 14.9 Å². The molecular formula is C15H12Cl2N4S. The van der Waals surface area contributed by atoms with E-state index in [2.05, 4.69) is 10.2 Å². The van der Waals surface area contributed by atoms with Crippen LogP contribution < -0.4 is 5.84 Å². The number of nitrogens with zero attached hydrogens (tertiary/aromatic N) is 3. The van der Waals surface area contributed by atoms with Gasteiger partial charge in [-0.3, -0.25) is 0 Å². The van der Waals surface area contributed by atoms with Gasteiger partial charge in [0.25, 0.3) is 0 Å². The molecule has 0 spiro atoms. The van der Waals surface area contributed by atoms with Crippen LogP contribution in [0.25, 0.3) is 11.4 Å². The van der Waals surface area contributed by atoms with Crippen molar-refractivity contribution in [1.29, 1.82) is 0 Å². The lowest BCUT2D eigenvalue weighted by Gasteiger charge is -2.04. The second-order valence-corrected chi connectivity index (χ2v) is 6.41. The van der Waals surface area contributed by atoms with Gasteiger partial charge in [0, 0.05) is 21.4 Å². The number of hydrogen-bond acceptors (Lipinski definition) is 4. The van der Waals surface area contributed by atoms with Gasteiger partial charge in [-0.25, -0.2) is 4.68 Å². The molecule has 7 heteroatoms. The fourth-order valence-corrected chi connectivity index (χ4v) is 2.96. The SMILES string of the molecule is Nn1c(SCc2ccc(Cl)cc2)nnc1-c1ccc(Cl)cc1. The van der Waals surface area contributed by atoms with Crippen LogP contribution in [0, 0.1) is 0 Å². The molecule has 0 aliphatic rings. The Labute approximate surface area is 142 Å². The Bertz CT molecular complexity index is 769. The average Bonchev–Trinajstić information content (AvgIpc) is 2.89. The molecule has 0 atom stereocenters. The molecule has 1 aromatic heterocycles. The van der Waals surface area contributed by atoms with Crippen LogP contribution >= 0.6 is 35.0 Å². The lowest BCUT2D eigenvalue weighted by atomic mass is 10.2. The summed E-state index contributed by atoms with van der Waals surface area (Å²) in [5.74, 6) is 7.43. The van der Waals surface area contributed by atoms with Crippen molar-refractivity contribution in [3.63, 3.8) is 0 Å². The molecule has 1 heterocycles. The zero-order valence-electron chi connectivity index (χ0n) is 11.4. The molecule has 0 saturated carbocycles. The number of rotatable bonds is 4. The molecule has 0 bridgehead atoms. The summed E-state index contributed by atoms with van der Waals surface area (Å²) in [7, 11) is 0. The molecule has 4 nitrogen and oxygen atoms in total. The predicted molar refractivity (Wildman–Crippen MR) is 91.6 cm³/mol. The summed E-state index contributed by atoms with van der Waals surface area (Å²) < 4.78 is 1.49. The van der Waals surface area contributed by atoms with Gasteiger partial charge in [0.15, 0.2) is 5.82 Å². The second-order valence-electron chi connectivity index (χ2n) is 4.60. The number of nitrogens with two attached hydrogens (primary N) is 1. The number of nitrogen functional groups attached to an aromatic ring is 1. The van der Waals surface area contributed by atoms with Crippen molar-refractivity contribution in [2.75, 3.05) is 5.84 Å². The van der Waals surface area contributed by atoms with Crippen LogP contribution in [-0.4, -0.2) is 14.9 Å². The minimum Gasteiger partial charge on any atom is -0.335 e. The van der Waals surface area contributed by atoms with Crippen molar-refractivity contribution in [3.05, 3.63) is 64.1 Å². The molecule has 0 aliphatic carbocycles. The van der Waals surface area contributed by atoms with Crippen LogP contribution in [0.15, 0.2) is 53.7 Å². The van der Waals surface area contributed by atoms with Gasteiger partial charge in [0.2, 0.25) is 5.16 Å². The molecule has 112 valence electrons. The molecule has 22 heavy (non-hydrogen) atoms. The van der Waals surface area contributed by atoms with Gasteiger partial charge in [-0.1, -0.05) is 47.1 Å². The van der Waals surface area contributed by atoms with Gasteiger partial charge < -0.3 is 5.84 Å². The van der Waals surface area contributed by atoms with Crippen LogP contribution in [-0.2, 0) is 5.75 Å². The maximum atomic E-state index is 6.08. The van der Waals surface area contributed by atoms with Gasteiger partial charge >= 0.3 is 0 Å². The first-order valence-corrected chi connectivity index (χ1v) is 8.21. The summed E-state index contributed by atoms with van der Waals surface area (Å²) in [5, 5.41) is 10.3. The molecule has 3 aromatic rings. The van der Waals surface area contributed by atoms with E-state index >= 15 is 0 Å². The molecular weight excluding hydrogens is 339 g/mol. The fraction of sp³-hybridized carbons (Fsp3) is 0.0667. The van der Waals surface area contributed by atoms with E-state index in [0.717, 1.165) is 21.9 Å². The van der Waals surface area contributed by atoms with Crippen LogP contribution in [0.4, 0.5) is 0 Å². The zero-order chi connectivity index (χ0) is 15.5. The first-order chi connectivity index (χ1) is 10.6. The van der Waals surface area contributed by atoms with E-state index < -0.39 is 0 Å². The molecule has 0 amide bonds. The highest BCUT2D eigenvalue weighted by Crippen LogP contribution is 2.25. The quantitative estimate of drug-likeness (QED) is 0.564. The number of aromatic nitrogens is 3. The minimum absolute atomic E-state index is 0.607. The lowest BCUT2D eigenvalue weighted by Crippen LogP contribution is -2.11. The van der Waals surface area contributed by atoms with Crippen molar-refractivity contribution in [2.24, 2.45) is 0 Å². The normalized spacial score (nSPS) is 10.8. The Morgan fingerprint density at radius 3 is 2.14 bits per heavy atom. The summed E-state index contributed by atoms with van der Waals surface area (Å²) in [5.41, 5.74) is 2.02. The molecule has 0 saturated heterocycles. The minimum atomic E-state index is 0.607.